The zero-order chi connectivity index (χ0) is 17.7. The van der Waals surface area contributed by atoms with Crippen LogP contribution in [0, 0.1) is 10.7 Å². The molecule has 2 aromatic carbocycles. The maximum Gasteiger partial charge on any atom is 0.138 e. The van der Waals surface area contributed by atoms with Gasteiger partial charge in [0.2, 0.25) is 0 Å². The van der Waals surface area contributed by atoms with Gasteiger partial charge in [0.05, 0.1) is 0 Å². The molecule has 132 valence electrons. The number of hydrogen-bond acceptors (Lipinski definition) is 2. The van der Waals surface area contributed by atoms with Crippen molar-refractivity contribution in [2.75, 3.05) is 0 Å². The molecule has 0 radical (unpaired) electrons. The van der Waals surface area contributed by atoms with Crippen molar-refractivity contribution in [3.8, 4) is 16.5 Å². The highest BCUT2D eigenvalue weighted by molar-refractivity contribution is 8.03. The molecule has 25 heavy (non-hydrogen) atoms. The summed E-state index contributed by atoms with van der Waals surface area (Å²) in [6, 6.07) is 17.2. The van der Waals surface area contributed by atoms with Crippen molar-refractivity contribution in [1.29, 1.82) is 5.26 Å². The van der Waals surface area contributed by atoms with Crippen LogP contribution in [0.5, 0.6) is 0 Å². The Morgan fingerprint density at radius 3 is 1.80 bits per heavy atom. The monoisotopic (exact) mass is 351 g/mol. The Balaban J connectivity index is 1.72. The molecule has 2 aromatic rings. The molecule has 0 atom stereocenters. The van der Waals surface area contributed by atoms with E-state index in [1.54, 1.807) is 0 Å². The SMILES string of the molecule is CCCCCCCCCCc1ccc(-c2ccc(SC#N)cc2)cc1. The van der Waals surface area contributed by atoms with Gasteiger partial charge in [0.15, 0.2) is 0 Å². The minimum Gasteiger partial charge on any atom is -0.185 e. The normalized spacial score (nSPS) is 10.6. The van der Waals surface area contributed by atoms with Crippen molar-refractivity contribution in [3.05, 3.63) is 54.1 Å². The second kappa shape index (κ2) is 11.8. The van der Waals surface area contributed by atoms with Crippen LogP contribution in [-0.4, -0.2) is 0 Å². The fraction of sp³-hybridized carbons (Fsp3) is 0.435. The first-order valence-corrected chi connectivity index (χ1v) is 10.4. The van der Waals surface area contributed by atoms with Crippen LogP contribution in [0.3, 0.4) is 0 Å². The number of aryl methyl sites for hydroxylation is 1. The number of unbranched alkanes of at least 4 members (excludes halogenated alkanes) is 7. The number of nitrogens with zero attached hydrogens (tertiary/aromatic N) is 1. The molecule has 2 heteroatoms. The van der Waals surface area contributed by atoms with Crippen molar-refractivity contribution >= 4 is 11.8 Å². The van der Waals surface area contributed by atoms with Crippen LogP contribution >= 0.6 is 11.8 Å². The minimum absolute atomic E-state index is 0.998. The molecular weight excluding hydrogens is 322 g/mol. The molecule has 1 nitrogen and oxygen atoms in total. The van der Waals surface area contributed by atoms with Gasteiger partial charge < -0.3 is 0 Å². The quantitative estimate of drug-likeness (QED) is 0.236. The minimum atomic E-state index is 0.998. The molecule has 0 spiro atoms. The van der Waals surface area contributed by atoms with E-state index in [1.165, 1.54) is 86.2 Å². The molecule has 0 aliphatic carbocycles. The van der Waals surface area contributed by atoms with Crippen LogP contribution in [-0.2, 0) is 6.42 Å². The summed E-state index contributed by atoms with van der Waals surface area (Å²) >= 11 is 1.21. The summed E-state index contributed by atoms with van der Waals surface area (Å²) in [5.74, 6) is 0. The Morgan fingerprint density at radius 2 is 1.24 bits per heavy atom. The smallest absolute Gasteiger partial charge is 0.138 e. The van der Waals surface area contributed by atoms with Gasteiger partial charge in [0, 0.05) is 4.90 Å². The first-order chi connectivity index (χ1) is 12.3. The van der Waals surface area contributed by atoms with Gasteiger partial charge >= 0.3 is 0 Å². The maximum absolute atomic E-state index is 8.70. The highest BCUT2D eigenvalue weighted by Gasteiger charge is 2.00. The maximum atomic E-state index is 8.70. The zero-order valence-corrected chi connectivity index (χ0v) is 16.2. The lowest BCUT2D eigenvalue weighted by Gasteiger charge is -2.06. The van der Waals surface area contributed by atoms with Gasteiger partial charge in [-0.25, -0.2) is 0 Å². The number of thioether (sulfide) groups is 1. The van der Waals surface area contributed by atoms with Crippen molar-refractivity contribution in [2.24, 2.45) is 0 Å². The second-order valence-electron chi connectivity index (χ2n) is 6.64. The van der Waals surface area contributed by atoms with Gasteiger partial charge in [-0.15, -0.1) is 0 Å². The Morgan fingerprint density at radius 1 is 0.720 bits per heavy atom. The van der Waals surface area contributed by atoms with E-state index in [0.717, 1.165) is 4.90 Å². The molecule has 0 saturated carbocycles. The molecule has 0 heterocycles. The summed E-state index contributed by atoms with van der Waals surface area (Å²) in [6.07, 6.45) is 12.2. The number of benzene rings is 2. The number of hydrogen-bond donors (Lipinski definition) is 0. The lowest BCUT2D eigenvalue weighted by Crippen LogP contribution is -1.87. The van der Waals surface area contributed by atoms with Crippen molar-refractivity contribution in [2.45, 2.75) is 69.6 Å². The molecule has 0 bridgehead atoms. The standard InChI is InChI=1S/C23H29NS/c1-2-3-4-5-6-7-8-9-10-20-11-13-21(14-12-20)22-15-17-23(18-16-22)25-19-24/h11-18H,2-10H2,1H3. The zero-order valence-electron chi connectivity index (χ0n) is 15.3. The van der Waals surface area contributed by atoms with Crippen LogP contribution in [0.1, 0.15) is 63.9 Å². The average Bonchev–Trinajstić information content (AvgIpc) is 2.65. The van der Waals surface area contributed by atoms with Crippen LogP contribution in [0.15, 0.2) is 53.4 Å². The summed E-state index contributed by atoms with van der Waals surface area (Å²) < 4.78 is 0. The van der Waals surface area contributed by atoms with E-state index < -0.39 is 0 Å². The number of rotatable bonds is 11. The van der Waals surface area contributed by atoms with E-state index in [0.29, 0.717) is 0 Å². The third-order valence-corrected chi connectivity index (χ3v) is 5.22. The van der Waals surface area contributed by atoms with E-state index in [2.05, 4.69) is 48.7 Å². The molecule has 0 N–H and O–H groups in total. The molecular formula is C23H29NS. The predicted molar refractivity (Wildman–Crippen MR) is 110 cm³/mol. The van der Waals surface area contributed by atoms with Gasteiger partial charge in [-0.2, -0.15) is 5.26 Å². The Hall–Kier alpha value is -1.72. The van der Waals surface area contributed by atoms with E-state index in [1.807, 2.05) is 12.1 Å². The van der Waals surface area contributed by atoms with Crippen molar-refractivity contribution in [1.82, 2.24) is 0 Å². The first kappa shape index (κ1) is 19.6. The fourth-order valence-electron chi connectivity index (χ4n) is 3.10. The highest BCUT2D eigenvalue weighted by atomic mass is 32.2. The molecule has 0 aliphatic heterocycles. The summed E-state index contributed by atoms with van der Waals surface area (Å²) in [6.45, 7) is 2.27. The van der Waals surface area contributed by atoms with E-state index in [4.69, 9.17) is 5.26 Å². The van der Waals surface area contributed by atoms with Gasteiger partial charge in [0.1, 0.15) is 5.40 Å². The van der Waals surface area contributed by atoms with Crippen LogP contribution in [0.2, 0.25) is 0 Å². The molecule has 0 amide bonds. The largest absolute Gasteiger partial charge is 0.185 e. The van der Waals surface area contributed by atoms with Crippen LogP contribution in [0.4, 0.5) is 0 Å². The molecule has 2 rings (SSSR count). The van der Waals surface area contributed by atoms with Gasteiger partial charge in [-0.3, -0.25) is 0 Å². The van der Waals surface area contributed by atoms with Crippen molar-refractivity contribution < 1.29 is 0 Å². The molecule has 0 unspecified atom stereocenters. The molecule has 0 aromatic heterocycles. The predicted octanol–water partition coefficient (Wildman–Crippen LogP) is 7.61. The van der Waals surface area contributed by atoms with E-state index >= 15 is 0 Å². The lowest BCUT2D eigenvalue weighted by atomic mass is 10.0. The summed E-state index contributed by atoms with van der Waals surface area (Å²) in [5.41, 5.74) is 3.89. The summed E-state index contributed by atoms with van der Waals surface area (Å²) in [5, 5.41) is 10.8. The molecule has 0 aliphatic rings. The van der Waals surface area contributed by atoms with Gasteiger partial charge in [-0.05, 0) is 53.4 Å². The molecule has 0 fully saturated rings. The highest BCUT2D eigenvalue weighted by Crippen LogP contribution is 2.24. The third kappa shape index (κ3) is 7.36. The second-order valence-corrected chi connectivity index (χ2v) is 7.50. The lowest BCUT2D eigenvalue weighted by molar-refractivity contribution is 0.575. The number of nitriles is 1. The first-order valence-electron chi connectivity index (χ1n) is 9.59. The number of thiocyanates is 1. The summed E-state index contributed by atoms with van der Waals surface area (Å²) in [7, 11) is 0. The fourth-order valence-corrected chi connectivity index (χ4v) is 3.47. The Labute approximate surface area is 157 Å². The van der Waals surface area contributed by atoms with E-state index in [9.17, 15) is 0 Å². The topological polar surface area (TPSA) is 23.8 Å². The van der Waals surface area contributed by atoms with Gasteiger partial charge in [0.25, 0.3) is 0 Å². The van der Waals surface area contributed by atoms with E-state index in [-0.39, 0.29) is 0 Å². The Kier molecular flexibility index (Phi) is 9.23. The van der Waals surface area contributed by atoms with Crippen LogP contribution in [0.25, 0.3) is 11.1 Å². The average molecular weight is 352 g/mol. The third-order valence-electron chi connectivity index (χ3n) is 4.62. The Bertz CT molecular complexity index is 637. The van der Waals surface area contributed by atoms with Crippen molar-refractivity contribution in [3.63, 3.8) is 0 Å². The van der Waals surface area contributed by atoms with Crippen LogP contribution < -0.4 is 0 Å². The molecule has 0 saturated heterocycles. The summed E-state index contributed by atoms with van der Waals surface area (Å²) in [4.78, 5) is 0.998. The van der Waals surface area contributed by atoms with Gasteiger partial charge in [-0.1, -0.05) is 88.3 Å².